The quantitative estimate of drug-likeness (QED) is 0.595. The van der Waals surface area contributed by atoms with Crippen molar-refractivity contribution in [2.24, 2.45) is 5.92 Å². The maximum Gasteiger partial charge on any atom is 0.490 e. The van der Waals surface area contributed by atoms with Crippen LogP contribution in [0, 0.1) is 5.92 Å². The Morgan fingerprint density at radius 3 is 2.35 bits per heavy atom. The van der Waals surface area contributed by atoms with Crippen molar-refractivity contribution in [1.82, 2.24) is 10.2 Å². The number of nitrogens with zero attached hydrogens (tertiary/aromatic N) is 1. The van der Waals surface area contributed by atoms with Crippen molar-refractivity contribution in [3.8, 4) is 0 Å². The molecule has 23 heavy (non-hydrogen) atoms. The van der Waals surface area contributed by atoms with E-state index in [1.54, 1.807) is 0 Å². The number of ether oxygens (including phenoxy) is 1. The zero-order valence-corrected chi connectivity index (χ0v) is 11.8. The maximum absolute atomic E-state index is 11.7. The number of rotatable bonds is 2. The Bertz CT molecular complexity index is 588. The van der Waals surface area contributed by atoms with Crippen LogP contribution in [0.5, 0.6) is 0 Å². The molecular formula is C12H13F3N2O6. The maximum atomic E-state index is 11.7. The first-order valence-electron chi connectivity index (χ1n) is 6.49. The largest absolute Gasteiger partial charge is 0.498 e. The van der Waals surface area contributed by atoms with Crippen molar-refractivity contribution in [1.29, 1.82) is 0 Å². The molecule has 11 heteroatoms. The number of hydrogen-bond acceptors (Lipinski definition) is 5. The van der Waals surface area contributed by atoms with E-state index in [0.717, 1.165) is 13.0 Å². The number of carbonyl (C=O) groups excluding carboxylic acids is 1. The van der Waals surface area contributed by atoms with Gasteiger partial charge in [0.15, 0.2) is 5.70 Å². The molecular weight excluding hydrogens is 325 g/mol. The summed E-state index contributed by atoms with van der Waals surface area (Å²) in [6, 6.07) is -0.275. The summed E-state index contributed by atoms with van der Waals surface area (Å²) in [4.78, 5) is 33.1. The van der Waals surface area contributed by atoms with Gasteiger partial charge in [-0.25, -0.2) is 9.59 Å². The number of carboxylic acids is 2. The predicted molar refractivity (Wildman–Crippen MR) is 65.9 cm³/mol. The molecule has 3 atom stereocenters. The summed E-state index contributed by atoms with van der Waals surface area (Å²) < 4.78 is 36.9. The lowest BCUT2D eigenvalue weighted by atomic mass is 9.81. The second kappa shape index (κ2) is 5.72. The predicted octanol–water partition coefficient (Wildman–Crippen LogP) is -0.235. The third kappa shape index (κ3) is 2.71. The Kier molecular flexibility index (Phi) is 4.24. The van der Waals surface area contributed by atoms with Gasteiger partial charge >= 0.3 is 18.1 Å². The second-order valence-corrected chi connectivity index (χ2v) is 5.05. The number of piperidine rings is 1. The first kappa shape index (κ1) is 17.1. The zero-order chi connectivity index (χ0) is 17.5. The molecule has 3 heterocycles. The lowest BCUT2D eigenvalue weighted by molar-refractivity contribution is -0.192. The van der Waals surface area contributed by atoms with Crippen LogP contribution in [0.1, 0.15) is 6.42 Å². The molecule has 0 aromatic rings. The van der Waals surface area contributed by atoms with Gasteiger partial charge in [-0.2, -0.15) is 13.2 Å². The number of hydrogen-bond donors (Lipinski definition) is 3. The molecule has 0 bridgehead atoms. The minimum Gasteiger partial charge on any atom is -0.498 e. The van der Waals surface area contributed by atoms with Gasteiger partial charge in [-0.05, 0) is 13.0 Å². The van der Waals surface area contributed by atoms with Crippen LogP contribution in [0.25, 0.3) is 0 Å². The molecule has 3 aliphatic heterocycles. The molecule has 8 nitrogen and oxygen atoms in total. The summed E-state index contributed by atoms with van der Waals surface area (Å²) >= 11 is 0. The Balaban J connectivity index is 0.000000236. The smallest absolute Gasteiger partial charge is 0.490 e. The second-order valence-electron chi connectivity index (χ2n) is 5.05. The van der Waals surface area contributed by atoms with Crippen LogP contribution in [0.15, 0.2) is 11.5 Å². The van der Waals surface area contributed by atoms with E-state index in [4.69, 9.17) is 19.7 Å². The monoisotopic (exact) mass is 338 g/mol. The zero-order valence-electron chi connectivity index (χ0n) is 11.8. The van der Waals surface area contributed by atoms with E-state index in [9.17, 15) is 22.8 Å². The van der Waals surface area contributed by atoms with Gasteiger partial charge in [-0.1, -0.05) is 0 Å². The van der Waals surface area contributed by atoms with Gasteiger partial charge < -0.3 is 20.3 Å². The van der Waals surface area contributed by atoms with E-state index >= 15 is 0 Å². The lowest BCUT2D eigenvalue weighted by Gasteiger charge is -2.48. The van der Waals surface area contributed by atoms with Crippen molar-refractivity contribution >= 4 is 17.8 Å². The summed E-state index contributed by atoms with van der Waals surface area (Å²) in [5, 5.41) is 19.4. The highest BCUT2D eigenvalue weighted by molar-refractivity contribution is 6.01. The molecule has 0 aliphatic carbocycles. The van der Waals surface area contributed by atoms with E-state index < -0.39 is 18.1 Å². The molecule has 0 saturated carbocycles. The van der Waals surface area contributed by atoms with Crippen LogP contribution in [0.2, 0.25) is 0 Å². The first-order chi connectivity index (χ1) is 10.6. The van der Waals surface area contributed by atoms with Gasteiger partial charge in [-0.15, -0.1) is 0 Å². The minimum atomic E-state index is -5.08. The van der Waals surface area contributed by atoms with Crippen LogP contribution in [-0.4, -0.2) is 64.9 Å². The highest BCUT2D eigenvalue weighted by atomic mass is 19.4. The van der Waals surface area contributed by atoms with E-state index in [-0.39, 0.29) is 29.6 Å². The molecule has 2 fully saturated rings. The molecule has 3 N–H and O–H groups in total. The van der Waals surface area contributed by atoms with Gasteiger partial charge in [0.25, 0.3) is 0 Å². The van der Waals surface area contributed by atoms with Crippen molar-refractivity contribution in [2.75, 3.05) is 13.7 Å². The molecule has 3 aliphatic rings. The lowest BCUT2D eigenvalue weighted by Crippen LogP contribution is -2.71. The van der Waals surface area contributed by atoms with Crippen LogP contribution >= 0.6 is 0 Å². The average molecular weight is 338 g/mol. The minimum absolute atomic E-state index is 0.0300. The number of halogens is 3. The molecule has 1 unspecified atom stereocenters. The van der Waals surface area contributed by atoms with Gasteiger partial charge in [0, 0.05) is 5.92 Å². The number of carbonyl (C=O) groups is 3. The van der Waals surface area contributed by atoms with Crippen LogP contribution in [-0.2, 0) is 19.1 Å². The number of aliphatic carboxylic acids is 2. The molecule has 0 radical (unpaired) electrons. The van der Waals surface area contributed by atoms with Crippen molar-refractivity contribution in [2.45, 2.75) is 24.7 Å². The molecule has 2 saturated heterocycles. The fraction of sp³-hybridized carbons (Fsp3) is 0.583. The SMILES string of the molecule is COC1=C(C(=O)O)N2C(=O)[C@H]3NCCC1[C@H]32.O=C(O)C(F)(F)F. The van der Waals surface area contributed by atoms with Gasteiger partial charge in [0.1, 0.15) is 11.8 Å². The fourth-order valence-electron chi connectivity index (χ4n) is 2.99. The van der Waals surface area contributed by atoms with Crippen molar-refractivity contribution in [3.05, 3.63) is 11.5 Å². The van der Waals surface area contributed by atoms with Gasteiger partial charge in [-0.3, -0.25) is 9.69 Å². The van der Waals surface area contributed by atoms with Crippen molar-refractivity contribution < 1.29 is 42.5 Å². The molecule has 3 rings (SSSR count). The standard InChI is InChI=1S/C10H12N2O4.C2HF3O2/c1-16-8-4-2-3-11-5-6(4)12(9(5)13)7(8)10(14)15;3-2(4,5)1(6)7/h4-6,11H,2-3H2,1H3,(H,14,15);(H,6,7)/t4?,5-,6+;/m0./s1. The molecule has 1 amide bonds. The first-order valence-corrected chi connectivity index (χ1v) is 6.49. The van der Waals surface area contributed by atoms with Crippen LogP contribution in [0.4, 0.5) is 13.2 Å². The summed E-state index contributed by atoms with van der Waals surface area (Å²) in [6.07, 6.45) is -4.27. The van der Waals surface area contributed by atoms with Gasteiger partial charge in [0.2, 0.25) is 5.91 Å². The Morgan fingerprint density at radius 2 is 1.91 bits per heavy atom. The average Bonchev–Trinajstić information content (AvgIpc) is 2.79. The molecule has 0 spiro atoms. The van der Waals surface area contributed by atoms with Crippen molar-refractivity contribution in [3.63, 3.8) is 0 Å². The van der Waals surface area contributed by atoms with E-state index in [1.165, 1.54) is 12.0 Å². The number of alkyl halides is 3. The summed E-state index contributed by atoms with van der Waals surface area (Å²) in [7, 11) is 1.46. The van der Waals surface area contributed by atoms with Crippen LogP contribution in [0.3, 0.4) is 0 Å². The van der Waals surface area contributed by atoms with Gasteiger partial charge in [0.05, 0.1) is 13.2 Å². The topological polar surface area (TPSA) is 116 Å². The summed E-state index contributed by atoms with van der Waals surface area (Å²) in [6.45, 7) is 0.727. The molecule has 0 aromatic carbocycles. The summed E-state index contributed by atoms with van der Waals surface area (Å²) in [5.41, 5.74) is 0.0300. The Labute approximate surface area is 127 Å². The van der Waals surface area contributed by atoms with E-state index in [2.05, 4.69) is 5.32 Å². The number of methoxy groups -OCH3 is 1. The number of amides is 1. The molecule has 128 valence electrons. The molecule has 0 aromatic heterocycles. The fourth-order valence-corrected chi connectivity index (χ4v) is 2.99. The number of nitrogens with one attached hydrogen (secondary N) is 1. The third-order valence-electron chi connectivity index (χ3n) is 3.85. The van der Waals surface area contributed by atoms with Crippen LogP contribution < -0.4 is 5.32 Å². The van der Waals surface area contributed by atoms with E-state index in [1.807, 2.05) is 0 Å². The Morgan fingerprint density at radius 1 is 1.35 bits per heavy atom. The highest BCUT2D eigenvalue weighted by Crippen LogP contribution is 2.46. The summed E-state index contributed by atoms with van der Waals surface area (Å²) in [5.74, 6) is -3.50. The highest BCUT2D eigenvalue weighted by Gasteiger charge is 2.61. The Hall–Kier alpha value is -2.30. The number of carboxylic acid groups (broad SMARTS) is 2. The van der Waals surface area contributed by atoms with E-state index in [0.29, 0.717) is 5.76 Å². The third-order valence-corrected chi connectivity index (χ3v) is 3.85. The number of β-lactam (4-membered cyclic amide) rings is 1. The normalized spacial score (nSPS) is 28.4.